The molecule has 0 aromatic heterocycles. The highest BCUT2D eigenvalue weighted by Gasteiger charge is 2.12. The monoisotopic (exact) mass is 149 g/mol. The van der Waals surface area contributed by atoms with E-state index < -0.39 is 15.3 Å². The van der Waals surface area contributed by atoms with Gasteiger partial charge in [0.25, 0.3) is 0 Å². The van der Waals surface area contributed by atoms with Crippen molar-refractivity contribution in [2.45, 2.75) is 18.6 Å². The molecule has 0 spiro atoms. The number of nitrogens with two attached hydrogens (primary N) is 1. The average Bonchev–Trinajstić information content (AvgIpc) is 1.64. The minimum atomic E-state index is -3.34. The Morgan fingerprint density at radius 3 is 2.33 bits per heavy atom. The molecule has 0 unspecified atom stereocenters. The highest BCUT2D eigenvalue weighted by molar-refractivity contribution is 7.89. The predicted octanol–water partition coefficient (Wildman–Crippen LogP) is 0.240. The molecule has 0 heterocycles. The molecule has 0 saturated heterocycles. The lowest BCUT2D eigenvalue weighted by atomic mass is 10.3. The molecule has 4 heteroatoms. The van der Waals surface area contributed by atoms with E-state index in [2.05, 4.69) is 6.58 Å². The zero-order valence-electron chi connectivity index (χ0n) is 5.37. The number of hydrogen-bond donors (Lipinski definition) is 1. The van der Waals surface area contributed by atoms with Crippen LogP contribution in [0.5, 0.6) is 0 Å². The Kier molecular flexibility index (Phi) is 2.87. The van der Waals surface area contributed by atoms with E-state index in [9.17, 15) is 8.42 Å². The van der Waals surface area contributed by atoms with E-state index in [4.69, 9.17) is 5.14 Å². The van der Waals surface area contributed by atoms with Crippen LogP contribution < -0.4 is 5.14 Å². The largest absolute Gasteiger partial charge is 0.228 e. The number of primary sulfonamides is 1. The van der Waals surface area contributed by atoms with Gasteiger partial charge in [0.1, 0.15) is 0 Å². The summed E-state index contributed by atoms with van der Waals surface area (Å²) >= 11 is 0. The SMILES string of the molecule is C=CC[C@@H](C)S(N)(=O)=O. The fourth-order valence-electron chi connectivity index (χ4n) is 0.369. The van der Waals surface area contributed by atoms with E-state index in [0.29, 0.717) is 6.42 Å². The Labute approximate surface area is 55.6 Å². The van der Waals surface area contributed by atoms with Gasteiger partial charge >= 0.3 is 0 Å². The molecule has 0 bridgehead atoms. The minimum absolute atomic E-state index is 0.416. The smallest absolute Gasteiger partial charge is 0.211 e. The Hall–Kier alpha value is -0.350. The van der Waals surface area contributed by atoms with Crippen molar-refractivity contribution in [3.63, 3.8) is 0 Å². The molecule has 3 nitrogen and oxygen atoms in total. The number of hydrogen-bond acceptors (Lipinski definition) is 2. The van der Waals surface area contributed by atoms with Crippen LogP contribution in [-0.2, 0) is 10.0 Å². The van der Waals surface area contributed by atoms with E-state index in [1.165, 1.54) is 6.08 Å². The van der Waals surface area contributed by atoms with Gasteiger partial charge in [-0.05, 0) is 13.3 Å². The highest BCUT2D eigenvalue weighted by Crippen LogP contribution is 1.99. The van der Waals surface area contributed by atoms with Crippen LogP contribution in [0.2, 0.25) is 0 Å². The van der Waals surface area contributed by atoms with Gasteiger partial charge in [-0.25, -0.2) is 13.6 Å². The van der Waals surface area contributed by atoms with Gasteiger partial charge in [0.2, 0.25) is 10.0 Å². The van der Waals surface area contributed by atoms with Gasteiger partial charge in [-0.3, -0.25) is 0 Å². The molecule has 0 rings (SSSR count). The third-order valence-corrected chi connectivity index (χ3v) is 2.37. The first kappa shape index (κ1) is 8.65. The van der Waals surface area contributed by atoms with Crippen molar-refractivity contribution in [3.8, 4) is 0 Å². The average molecular weight is 149 g/mol. The van der Waals surface area contributed by atoms with Crippen LogP contribution in [-0.4, -0.2) is 13.7 Å². The Balaban J connectivity index is 4.05. The molecule has 1 atom stereocenters. The molecular weight excluding hydrogens is 138 g/mol. The summed E-state index contributed by atoms with van der Waals surface area (Å²) in [5.74, 6) is 0. The first-order chi connectivity index (χ1) is 3.98. The van der Waals surface area contributed by atoms with Gasteiger partial charge in [0.05, 0.1) is 5.25 Å². The molecule has 2 N–H and O–H groups in total. The predicted molar refractivity (Wildman–Crippen MR) is 37.4 cm³/mol. The molecule has 9 heavy (non-hydrogen) atoms. The van der Waals surface area contributed by atoms with Crippen LogP contribution in [0.3, 0.4) is 0 Å². The third kappa shape index (κ3) is 3.26. The van der Waals surface area contributed by atoms with Crippen LogP contribution in [0.1, 0.15) is 13.3 Å². The molecule has 54 valence electrons. The second-order valence-corrected chi connectivity index (χ2v) is 3.91. The summed E-state index contributed by atoms with van der Waals surface area (Å²) < 4.78 is 20.9. The molecule has 0 aromatic carbocycles. The minimum Gasteiger partial charge on any atom is -0.228 e. The molecule has 0 saturated carbocycles. The van der Waals surface area contributed by atoms with Crippen molar-refractivity contribution in [1.82, 2.24) is 0 Å². The molecule has 0 aromatic rings. The van der Waals surface area contributed by atoms with Crippen molar-refractivity contribution >= 4 is 10.0 Å². The molecule has 0 aliphatic carbocycles. The normalized spacial score (nSPS) is 14.9. The molecular formula is C5H11NO2S. The quantitative estimate of drug-likeness (QED) is 0.584. The summed E-state index contributed by atoms with van der Waals surface area (Å²) in [6.45, 7) is 4.95. The van der Waals surface area contributed by atoms with E-state index in [0.717, 1.165) is 0 Å². The number of allylic oxidation sites excluding steroid dienone is 1. The maximum absolute atomic E-state index is 10.5. The van der Waals surface area contributed by atoms with Crippen molar-refractivity contribution < 1.29 is 8.42 Å². The van der Waals surface area contributed by atoms with Gasteiger partial charge in [-0.2, -0.15) is 0 Å². The van der Waals surface area contributed by atoms with Crippen molar-refractivity contribution in [2.24, 2.45) is 5.14 Å². The van der Waals surface area contributed by atoms with Crippen LogP contribution in [0, 0.1) is 0 Å². The summed E-state index contributed by atoms with van der Waals surface area (Å²) in [7, 11) is -3.34. The van der Waals surface area contributed by atoms with E-state index in [-0.39, 0.29) is 0 Å². The van der Waals surface area contributed by atoms with Crippen LogP contribution in [0.25, 0.3) is 0 Å². The topological polar surface area (TPSA) is 60.2 Å². The Morgan fingerprint density at radius 2 is 2.22 bits per heavy atom. The van der Waals surface area contributed by atoms with E-state index in [1.54, 1.807) is 6.92 Å². The summed E-state index contributed by atoms with van der Waals surface area (Å²) in [5.41, 5.74) is 0. The van der Waals surface area contributed by atoms with Crippen LogP contribution >= 0.6 is 0 Å². The molecule has 0 radical (unpaired) electrons. The summed E-state index contributed by atoms with van der Waals surface area (Å²) in [5, 5.41) is 4.28. The van der Waals surface area contributed by atoms with Gasteiger partial charge in [-0.1, -0.05) is 6.08 Å². The molecule has 0 aliphatic rings. The van der Waals surface area contributed by atoms with Crippen molar-refractivity contribution in [1.29, 1.82) is 0 Å². The second-order valence-electron chi connectivity index (χ2n) is 1.92. The fraction of sp³-hybridized carbons (Fsp3) is 0.600. The third-order valence-electron chi connectivity index (χ3n) is 1.06. The lowest BCUT2D eigenvalue weighted by Gasteiger charge is -2.02. The van der Waals surface area contributed by atoms with Crippen molar-refractivity contribution in [2.75, 3.05) is 0 Å². The summed E-state index contributed by atoms with van der Waals surface area (Å²) in [4.78, 5) is 0. The lowest BCUT2D eigenvalue weighted by Crippen LogP contribution is -2.24. The highest BCUT2D eigenvalue weighted by atomic mass is 32.2. The maximum atomic E-state index is 10.5. The summed E-state index contributed by atoms with van der Waals surface area (Å²) in [6, 6.07) is 0. The van der Waals surface area contributed by atoms with Gasteiger partial charge in [0.15, 0.2) is 0 Å². The van der Waals surface area contributed by atoms with Crippen LogP contribution in [0.15, 0.2) is 12.7 Å². The standard InChI is InChI=1S/C5H11NO2S/c1-3-4-5(2)9(6,7)8/h3,5H,1,4H2,2H3,(H2,6,7,8)/t5-/m1/s1. The maximum Gasteiger partial charge on any atom is 0.211 e. The second kappa shape index (κ2) is 2.98. The van der Waals surface area contributed by atoms with Gasteiger partial charge in [0, 0.05) is 0 Å². The first-order valence-electron chi connectivity index (χ1n) is 2.61. The number of sulfonamides is 1. The zero-order chi connectivity index (χ0) is 7.49. The van der Waals surface area contributed by atoms with E-state index in [1.807, 2.05) is 0 Å². The first-order valence-corrected chi connectivity index (χ1v) is 4.22. The Bertz CT molecular complexity index is 183. The summed E-state index contributed by atoms with van der Waals surface area (Å²) in [6.07, 6.45) is 1.95. The number of rotatable bonds is 3. The Morgan fingerprint density at radius 1 is 1.78 bits per heavy atom. The van der Waals surface area contributed by atoms with E-state index >= 15 is 0 Å². The van der Waals surface area contributed by atoms with Gasteiger partial charge in [-0.15, -0.1) is 6.58 Å². The fourth-order valence-corrected chi connectivity index (χ4v) is 0.773. The molecule has 0 aliphatic heterocycles. The lowest BCUT2D eigenvalue weighted by molar-refractivity contribution is 0.585. The van der Waals surface area contributed by atoms with Crippen molar-refractivity contribution in [3.05, 3.63) is 12.7 Å². The van der Waals surface area contributed by atoms with Crippen LogP contribution in [0.4, 0.5) is 0 Å². The molecule has 0 fully saturated rings. The molecule has 0 amide bonds. The van der Waals surface area contributed by atoms with Gasteiger partial charge < -0.3 is 0 Å². The zero-order valence-corrected chi connectivity index (χ0v) is 6.19.